The van der Waals surface area contributed by atoms with Gasteiger partial charge in [-0.1, -0.05) is 0 Å². The van der Waals surface area contributed by atoms with Crippen LogP contribution >= 0.6 is 0 Å². The van der Waals surface area contributed by atoms with Crippen LogP contribution in [-0.4, -0.2) is 41.4 Å². The third-order valence-corrected chi connectivity index (χ3v) is 6.31. The summed E-state index contributed by atoms with van der Waals surface area (Å²) in [6.45, 7) is 1.59. The van der Waals surface area contributed by atoms with E-state index in [-0.39, 0.29) is 17.6 Å². The maximum absolute atomic E-state index is 14.3. The maximum atomic E-state index is 14.3. The molecule has 0 bridgehead atoms. The van der Waals surface area contributed by atoms with Crippen molar-refractivity contribution in [3.63, 3.8) is 0 Å². The second-order valence-corrected chi connectivity index (χ2v) is 7.60. The van der Waals surface area contributed by atoms with Gasteiger partial charge in [0, 0.05) is 24.7 Å². The summed E-state index contributed by atoms with van der Waals surface area (Å²) in [6, 6.07) is 1.00. The molecule has 1 aromatic heterocycles. The smallest absolute Gasteiger partial charge is 0.417 e. The number of nitrogens with zero attached hydrogens (tertiary/aromatic N) is 1. The molecule has 0 aliphatic carbocycles. The summed E-state index contributed by atoms with van der Waals surface area (Å²) >= 11 is 0. The molecule has 3 rings (SSSR count). The lowest BCUT2D eigenvalue weighted by Crippen LogP contribution is -2.49. The van der Waals surface area contributed by atoms with Gasteiger partial charge in [0.15, 0.2) is 5.58 Å². The number of aliphatic carboxylic acids is 1. The minimum Gasteiger partial charge on any atom is -0.481 e. The van der Waals surface area contributed by atoms with Gasteiger partial charge >= 0.3 is 11.7 Å². The van der Waals surface area contributed by atoms with E-state index in [1.54, 1.807) is 0 Å². The molecule has 8 nitrogen and oxygen atoms in total. The molecule has 0 radical (unpaired) electrons. The third-order valence-electron chi connectivity index (χ3n) is 4.31. The largest absolute Gasteiger partial charge is 0.481 e. The van der Waals surface area contributed by atoms with Crippen molar-refractivity contribution < 1.29 is 27.1 Å². The lowest BCUT2D eigenvalue weighted by Gasteiger charge is -2.36. The monoisotopic (exact) mass is 358 g/mol. The minimum atomic E-state index is -4.27. The highest BCUT2D eigenvalue weighted by molar-refractivity contribution is 7.89. The van der Waals surface area contributed by atoms with Crippen LogP contribution in [0.3, 0.4) is 0 Å². The van der Waals surface area contributed by atoms with E-state index in [1.165, 1.54) is 6.92 Å². The topological polar surface area (TPSA) is 121 Å². The lowest BCUT2D eigenvalue weighted by molar-refractivity contribution is -0.144. The molecule has 1 aromatic carbocycles. The predicted molar refractivity (Wildman–Crippen MR) is 80.5 cm³/mol. The molecule has 1 aliphatic heterocycles. The molecule has 0 amide bonds. The van der Waals surface area contributed by atoms with Crippen LogP contribution in [0.25, 0.3) is 11.1 Å². The van der Waals surface area contributed by atoms with Gasteiger partial charge in [0.25, 0.3) is 0 Å². The number of carbonyl (C=O) groups is 1. The van der Waals surface area contributed by atoms with Crippen LogP contribution in [0.4, 0.5) is 4.39 Å². The molecule has 10 heteroatoms. The molecular formula is C14H15FN2O6S. The van der Waals surface area contributed by atoms with Gasteiger partial charge in [-0.25, -0.2) is 17.6 Å². The quantitative estimate of drug-likeness (QED) is 0.848. The number of carboxylic acids is 1. The average Bonchev–Trinajstić information content (AvgIpc) is 2.85. The van der Waals surface area contributed by atoms with Crippen LogP contribution < -0.4 is 5.76 Å². The molecule has 2 aromatic rings. The maximum Gasteiger partial charge on any atom is 0.417 e. The number of hydrogen-bond acceptors (Lipinski definition) is 5. The molecule has 2 atom stereocenters. The summed E-state index contributed by atoms with van der Waals surface area (Å²) in [7, 11) is -4.27. The van der Waals surface area contributed by atoms with Gasteiger partial charge in [-0.2, -0.15) is 4.31 Å². The fraction of sp³-hybridized carbons (Fsp3) is 0.429. The Morgan fingerprint density at radius 3 is 2.83 bits per heavy atom. The van der Waals surface area contributed by atoms with Gasteiger partial charge in [-0.3, -0.25) is 9.78 Å². The lowest BCUT2D eigenvalue weighted by atomic mass is 9.92. The zero-order valence-electron chi connectivity index (χ0n) is 12.7. The van der Waals surface area contributed by atoms with Crippen molar-refractivity contribution in [2.75, 3.05) is 6.54 Å². The highest BCUT2D eigenvalue weighted by atomic mass is 32.2. The summed E-state index contributed by atoms with van der Waals surface area (Å²) in [6.07, 6.45) is 0.723. The number of aromatic nitrogens is 1. The standard InChI is InChI=1S/C14H15FN2O6S/c1-7-8(13(18)19)3-2-4-17(7)24(21,22)12-6-11-10(5-9(12)15)16-14(20)23-11/h5-8H,2-4H2,1H3,(H,16,20)(H,18,19)/t7-,8-/m1/s1. The Morgan fingerprint density at radius 2 is 2.17 bits per heavy atom. The highest BCUT2D eigenvalue weighted by Gasteiger charge is 2.40. The van der Waals surface area contributed by atoms with Crippen LogP contribution in [-0.2, 0) is 14.8 Å². The first kappa shape index (κ1) is 16.7. The number of benzene rings is 1. The van der Waals surface area contributed by atoms with Crippen LogP contribution in [0.2, 0.25) is 0 Å². The van der Waals surface area contributed by atoms with Crippen molar-refractivity contribution in [1.29, 1.82) is 0 Å². The van der Waals surface area contributed by atoms with Crippen molar-refractivity contribution >= 4 is 27.1 Å². The fourth-order valence-electron chi connectivity index (χ4n) is 3.06. The summed E-state index contributed by atoms with van der Waals surface area (Å²) in [5, 5.41) is 9.21. The molecule has 24 heavy (non-hydrogen) atoms. The molecule has 1 aliphatic rings. The Balaban J connectivity index is 2.08. The molecule has 0 spiro atoms. The first-order valence-electron chi connectivity index (χ1n) is 7.29. The van der Waals surface area contributed by atoms with Crippen molar-refractivity contribution in [3.05, 3.63) is 28.5 Å². The van der Waals surface area contributed by atoms with Crippen molar-refractivity contribution in [3.8, 4) is 0 Å². The van der Waals surface area contributed by atoms with Crippen molar-refractivity contribution in [2.24, 2.45) is 5.92 Å². The number of fused-ring (bicyclic) bond motifs is 1. The normalized spacial score (nSPS) is 22.8. The van der Waals surface area contributed by atoms with Gasteiger partial charge in [0.2, 0.25) is 10.0 Å². The van der Waals surface area contributed by atoms with Gasteiger partial charge in [0.1, 0.15) is 10.7 Å². The number of rotatable bonds is 3. The molecule has 0 saturated carbocycles. The Bertz CT molecular complexity index is 963. The number of carboxylic acid groups (broad SMARTS) is 1. The molecule has 1 saturated heterocycles. The van der Waals surface area contributed by atoms with E-state index in [9.17, 15) is 27.5 Å². The average molecular weight is 358 g/mol. The van der Waals surface area contributed by atoms with E-state index in [2.05, 4.69) is 4.98 Å². The van der Waals surface area contributed by atoms with Gasteiger partial charge in [-0.15, -0.1) is 0 Å². The zero-order valence-corrected chi connectivity index (χ0v) is 13.5. The summed E-state index contributed by atoms with van der Waals surface area (Å²) in [5.41, 5.74) is -0.0361. The number of piperidine rings is 1. The molecular weight excluding hydrogens is 343 g/mol. The Kier molecular flexibility index (Phi) is 3.96. The van der Waals surface area contributed by atoms with E-state index in [0.29, 0.717) is 12.8 Å². The van der Waals surface area contributed by atoms with Crippen molar-refractivity contribution in [1.82, 2.24) is 9.29 Å². The molecule has 2 heterocycles. The van der Waals surface area contributed by atoms with Gasteiger partial charge < -0.3 is 9.52 Å². The second-order valence-electron chi connectivity index (χ2n) is 5.74. The van der Waals surface area contributed by atoms with Crippen LogP contribution in [0.5, 0.6) is 0 Å². The molecule has 0 unspecified atom stereocenters. The number of aromatic amines is 1. The second kappa shape index (κ2) is 5.71. The zero-order chi connectivity index (χ0) is 17.6. The number of nitrogens with one attached hydrogen (secondary N) is 1. The van der Waals surface area contributed by atoms with Gasteiger partial charge in [-0.05, 0) is 19.8 Å². The van der Waals surface area contributed by atoms with Crippen molar-refractivity contribution in [2.45, 2.75) is 30.7 Å². The predicted octanol–water partition coefficient (Wildman–Crippen LogP) is 1.13. The van der Waals surface area contributed by atoms with E-state index < -0.39 is 44.4 Å². The SMILES string of the molecule is C[C@@H]1[C@H](C(=O)O)CCCN1S(=O)(=O)c1cc2oc(=O)[nH]c2cc1F. The van der Waals surface area contributed by atoms with E-state index in [4.69, 9.17) is 4.42 Å². The number of sulfonamides is 1. The first-order chi connectivity index (χ1) is 11.2. The fourth-order valence-corrected chi connectivity index (χ4v) is 4.83. The number of halogens is 1. The minimum absolute atomic E-state index is 0.0477. The number of H-pyrrole nitrogens is 1. The first-order valence-corrected chi connectivity index (χ1v) is 8.73. The van der Waals surface area contributed by atoms with E-state index in [1.807, 2.05) is 0 Å². The van der Waals surface area contributed by atoms with Crippen LogP contribution in [0.15, 0.2) is 26.2 Å². The Morgan fingerprint density at radius 1 is 1.46 bits per heavy atom. The summed E-state index contributed by atoms with van der Waals surface area (Å²) in [4.78, 5) is 24.0. The van der Waals surface area contributed by atoms with Crippen LogP contribution in [0, 0.1) is 11.7 Å². The Hall–Kier alpha value is -2.20. The van der Waals surface area contributed by atoms with Crippen LogP contribution in [0.1, 0.15) is 19.8 Å². The molecule has 2 N–H and O–H groups in total. The number of hydrogen-bond donors (Lipinski definition) is 2. The number of oxazole rings is 1. The molecule has 130 valence electrons. The highest BCUT2D eigenvalue weighted by Crippen LogP contribution is 2.31. The third kappa shape index (κ3) is 2.61. The van der Waals surface area contributed by atoms with E-state index in [0.717, 1.165) is 16.4 Å². The Labute approximate surface area is 135 Å². The van der Waals surface area contributed by atoms with Gasteiger partial charge in [0.05, 0.1) is 11.4 Å². The van der Waals surface area contributed by atoms with E-state index >= 15 is 0 Å². The summed E-state index contributed by atoms with van der Waals surface area (Å²) < 4.78 is 45.6. The molecule has 1 fully saturated rings. The summed E-state index contributed by atoms with van der Waals surface area (Å²) in [5.74, 6) is -3.80.